The summed E-state index contributed by atoms with van der Waals surface area (Å²) in [6, 6.07) is -5.36. The average molecular weight is 698 g/mol. The maximum absolute atomic E-state index is 13.0. The summed E-state index contributed by atoms with van der Waals surface area (Å²) in [4.78, 5) is 0. The highest BCUT2D eigenvalue weighted by molar-refractivity contribution is 7.51. The van der Waals surface area contributed by atoms with Crippen LogP contribution < -0.4 is 0 Å². The maximum Gasteiger partial charge on any atom is 0.452 e. The van der Waals surface area contributed by atoms with Gasteiger partial charge in [0.25, 0.3) is 6.08 Å². The molecule has 0 radical (unpaired) electrons. The zero-order valence-corrected chi connectivity index (χ0v) is 19.4. The second-order valence-electron chi connectivity index (χ2n) is 4.87. The fourth-order valence-electron chi connectivity index (χ4n) is 0.812. The molecule has 0 aliphatic heterocycles. The predicted octanol–water partition coefficient (Wildman–Crippen LogP) is 7.14. The standard InChI is InChI=1S/C7H4F10O2.C4H2F6O.C2H2F2.CH4.2O2S/c8-3(9)4(10)18-1-5(11,7(15,16)17)19-2-6(12,13)14;5-2(6)3(7)11-1-4(8,9)10;1-2(3)4;;2*1-3-2/h1-2H2;1H2;1H2;1H4;;. The van der Waals surface area contributed by atoms with Gasteiger partial charge in [-0.05, 0) is 6.58 Å². The van der Waals surface area contributed by atoms with Gasteiger partial charge in [-0.15, -0.1) is 0 Å². The van der Waals surface area contributed by atoms with Gasteiger partial charge < -0.3 is 14.2 Å². The summed E-state index contributed by atoms with van der Waals surface area (Å²) in [6.45, 7) is -5.07. The average Bonchev–Trinajstić information content (AvgIpc) is 2.73. The van der Waals surface area contributed by atoms with Crippen LogP contribution in [0.5, 0.6) is 0 Å². The second kappa shape index (κ2) is 24.9. The van der Waals surface area contributed by atoms with Crippen molar-refractivity contribution in [2.45, 2.75) is 31.8 Å². The van der Waals surface area contributed by atoms with Gasteiger partial charge in [0.15, 0.2) is 13.2 Å². The summed E-state index contributed by atoms with van der Waals surface area (Å²) in [5.74, 6) is -5.09. The van der Waals surface area contributed by atoms with Gasteiger partial charge >= 0.3 is 71.7 Å². The monoisotopic (exact) mass is 698 g/mol. The fraction of sp³-hybridized carbons (Fsp3) is 0.571. The van der Waals surface area contributed by atoms with Crippen LogP contribution in [0.4, 0.5) is 79.0 Å². The molecular weight excluding hydrogens is 686 g/mol. The third kappa shape index (κ3) is 41.8. The highest BCUT2D eigenvalue weighted by atomic mass is 32.1. The molecule has 0 rings (SSSR count). The molecule has 0 aromatic heterocycles. The highest BCUT2D eigenvalue weighted by Crippen LogP contribution is 2.37. The summed E-state index contributed by atoms with van der Waals surface area (Å²) in [5, 5.41) is 0. The van der Waals surface area contributed by atoms with Crippen LogP contribution in [0.1, 0.15) is 7.43 Å². The lowest BCUT2D eigenvalue weighted by Gasteiger charge is -2.27. The first-order chi connectivity index (χ1) is 17.7. The lowest BCUT2D eigenvalue weighted by Crippen LogP contribution is -2.49. The van der Waals surface area contributed by atoms with Crippen molar-refractivity contribution < 1.29 is 110 Å². The van der Waals surface area contributed by atoms with Gasteiger partial charge in [0.2, 0.25) is 0 Å². The first-order valence-corrected chi connectivity index (χ1v) is 9.04. The van der Waals surface area contributed by atoms with E-state index >= 15 is 0 Å². The minimum Gasteiger partial charge on any atom is -0.460 e. The Hall–Kier alpha value is -2.84. The Morgan fingerprint density at radius 3 is 1.00 bits per heavy atom. The van der Waals surface area contributed by atoms with E-state index in [-0.39, 0.29) is 7.43 Å². The zero-order valence-electron chi connectivity index (χ0n) is 17.8. The van der Waals surface area contributed by atoms with E-state index in [2.05, 4.69) is 20.8 Å². The van der Waals surface area contributed by atoms with Crippen LogP contribution in [0.2, 0.25) is 0 Å². The van der Waals surface area contributed by atoms with Crippen molar-refractivity contribution in [1.82, 2.24) is 0 Å². The van der Waals surface area contributed by atoms with Gasteiger partial charge in [-0.1, -0.05) is 7.43 Å². The van der Waals surface area contributed by atoms with Crippen LogP contribution in [0.25, 0.3) is 0 Å². The summed E-state index contributed by atoms with van der Waals surface area (Å²) in [5.41, 5.74) is 0. The Labute approximate surface area is 222 Å². The van der Waals surface area contributed by atoms with Gasteiger partial charge in [-0.25, -0.2) is 0 Å². The molecular formula is C14H12F18O7S2. The highest BCUT2D eigenvalue weighted by Gasteiger charge is 2.60. The van der Waals surface area contributed by atoms with E-state index in [9.17, 15) is 79.0 Å². The molecule has 248 valence electrons. The van der Waals surface area contributed by atoms with Gasteiger partial charge in [-0.2, -0.15) is 95.9 Å². The predicted molar refractivity (Wildman–Crippen MR) is 96.5 cm³/mol. The Morgan fingerprint density at radius 1 is 0.561 bits per heavy atom. The quantitative estimate of drug-likeness (QED) is 0.206. The van der Waals surface area contributed by atoms with Gasteiger partial charge in [-0.3, -0.25) is 0 Å². The van der Waals surface area contributed by atoms with E-state index in [0.29, 0.717) is 0 Å². The maximum atomic E-state index is 13.0. The molecule has 0 amide bonds. The topological polar surface area (TPSA) is 96.0 Å². The van der Waals surface area contributed by atoms with Crippen LogP contribution in [-0.4, -0.2) is 61.0 Å². The minimum absolute atomic E-state index is 0. The third-order valence-corrected chi connectivity index (χ3v) is 1.93. The Bertz CT molecular complexity index is 835. The van der Waals surface area contributed by atoms with Crippen LogP contribution >= 0.6 is 0 Å². The van der Waals surface area contributed by atoms with E-state index < -0.39 is 97.6 Å². The van der Waals surface area contributed by atoms with E-state index in [1.807, 2.05) is 0 Å². The van der Waals surface area contributed by atoms with E-state index in [1.165, 1.54) is 0 Å². The summed E-state index contributed by atoms with van der Waals surface area (Å²) in [7, 11) is 0. The number of rotatable bonds is 7. The molecule has 1 atom stereocenters. The molecule has 1 unspecified atom stereocenters. The molecule has 0 aromatic carbocycles. The smallest absolute Gasteiger partial charge is 0.452 e. The zero-order chi connectivity index (χ0) is 33.5. The van der Waals surface area contributed by atoms with Crippen LogP contribution in [-0.2, 0) is 37.4 Å². The number of hydrogen-bond donors (Lipinski definition) is 0. The van der Waals surface area contributed by atoms with Crippen molar-refractivity contribution >= 4 is 23.1 Å². The lowest BCUT2D eigenvalue weighted by molar-refractivity contribution is -0.361. The minimum atomic E-state index is -6.05. The summed E-state index contributed by atoms with van der Waals surface area (Å²) in [6.07, 6.45) is -24.1. The van der Waals surface area contributed by atoms with Crippen molar-refractivity contribution in [3.8, 4) is 0 Å². The molecule has 0 saturated heterocycles. The van der Waals surface area contributed by atoms with Gasteiger partial charge in [0.1, 0.15) is 6.61 Å². The molecule has 0 saturated carbocycles. The molecule has 27 heteroatoms. The van der Waals surface area contributed by atoms with E-state index in [1.54, 1.807) is 0 Å². The summed E-state index contributed by atoms with van der Waals surface area (Å²) < 4.78 is 248. The Kier molecular flexibility index (Phi) is 31.0. The molecule has 0 bridgehead atoms. The van der Waals surface area contributed by atoms with Crippen molar-refractivity contribution in [1.29, 1.82) is 0 Å². The molecule has 7 nitrogen and oxygen atoms in total. The molecule has 41 heavy (non-hydrogen) atoms. The normalized spacial score (nSPS) is 11.6. The van der Waals surface area contributed by atoms with Crippen LogP contribution in [0.3, 0.4) is 0 Å². The Balaban J connectivity index is -0.000000117. The van der Waals surface area contributed by atoms with Crippen molar-refractivity contribution in [2.24, 2.45) is 0 Å². The Morgan fingerprint density at radius 2 is 0.805 bits per heavy atom. The van der Waals surface area contributed by atoms with E-state index in [0.717, 1.165) is 0 Å². The van der Waals surface area contributed by atoms with E-state index in [4.69, 9.17) is 16.8 Å². The second-order valence-corrected chi connectivity index (χ2v) is 5.14. The number of alkyl halides is 10. The first kappa shape index (κ1) is 50.9. The van der Waals surface area contributed by atoms with Crippen LogP contribution in [0.15, 0.2) is 36.8 Å². The molecule has 0 fully saturated rings. The number of hydrogen-bond acceptors (Lipinski definition) is 7. The molecule has 0 aromatic rings. The first-order valence-electron chi connectivity index (χ1n) is 7.71. The van der Waals surface area contributed by atoms with Crippen molar-refractivity contribution in [3.63, 3.8) is 0 Å². The number of ether oxygens (including phenoxy) is 3. The molecule has 0 aliphatic carbocycles. The van der Waals surface area contributed by atoms with Gasteiger partial charge in [0.05, 0.1) is 0 Å². The van der Waals surface area contributed by atoms with Gasteiger partial charge in [0, 0.05) is 0 Å². The molecule has 0 spiro atoms. The molecule has 0 aliphatic rings. The fourth-order valence-corrected chi connectivity index (χ4v) is 0.812. The third-order valence-electron chi connectivity index (χ3n) is 1.93. The SMILES string of the molecule is C.C=C(F)F.FC(F)=C(F)OCC(F)(F)F.FC(F)=C(F)OCC(F)(OCC(F)(F)F)C(F)(F)F.O=S=O.O=S=O. The van der Waals surface area contributed by atoms with Crippen LogP contribution in [0, 0.1) is 0 Å². The summed E-state index contributed by atoms with van der Waals surface area (Å²) >= 11 is -1.50. The molecule has 0 N–H and O–H groups in total. The van der Waals surface area contributed by atoms with Crippen molar-refractivity contribution in [3.05, 3.63) is 36.8 Å². The number of halogens is 18. The van der Waals surface area contributed by atoms with Crippen molar-refractivity contribution in [2.75, 3.05) is 19.8 Å². The molecule has 0 heterocycles. The largest absolute Gasteiger partial charge is 0.460 e. The lowest BCUT2D eigenvalue weighted by atomic mass is 10.3.